The molecule has 3 heteroatoms. The Morgan fingerprint density at radius 3 is 2.80 bits per heavy atom. The van der Waals surface area contributed by atoms with Crippen LogP contribution in [0.25, 0.3) is 5.57 Å². The molecule has 3 nitrogen and oxygen atoms in total. The van der Waals surface area contributed by atoms with Crippen LogP contribution in [-0.2, 0) is 16.0 Å². The van der Waals surface area contributed by atoms with Crippen molar-refractivity contribution in [3.63, 3.8) is 0 Å². The summed E-state index contributed by atoms with van der Waals surface area (Å²) in [6.45, 7) is 6.21. The van der Waals surface area contributed by atoms with E-state index in [2.05, 4.69) is 12.1 Å². The molecular weight excluding hydrogens is 252 g/mol. The van der Waals surface area contributed by atoms with Gasteiger partial charge in [0.2, 0.25) is 0 Å². The lowest BCUT2D eigenvalue weighted by molar-refractivity contribution is -0.145. The van der Waals surface area contributed by atoms with Crippen molar-refractivity contribution in [1.82, 2.24) is 0 Å². The van der Waals surface area contributed by atoms with Gasteiger partial charge in [-0.05, 0) is 61.9 Å². The highest BCUT2D eigenvalue weighted by atomic mass is 16.5. The van der Waals surface area contributed by atoms with Crippen LogP contribution in [0.3, 0.4) is 0 Å². The van der Waals surface area contributed by atoms with Crippen molar-refractivity contribution in [2.75, 3.05) is 13.7 Å². The topological polar surface area (TPSA) is 35.5 Å². The van der Waals surface area contributed by atoms with E-state index in [1.165, 1.54) is 5.56 Å². The molecule has 108 valence electrons. The van der Waals surface area contributed by atoms with E-state index in [1.54, 1.807) is 7.11 Å². The first-order valence-corrected chi connectivity index (χ1v) is 7.13. The average Bonchev–Trinajstić information content (AvgIpc) is 2.45. The van der Waals surface area contributed by atoms with Crippen LogP contribution in [0.2, 0.25) is 0 Å². The maximum Gasteiger partial charge on any atom is 0.313 e. The van der Waals surface area contributed by atoms with Gasteiger partial charge in [-0.2, -0.15) is 0 Å². The maximum absolute atomic E-state index is 12.0. The first kappa shape index (κ1) is 14.6. The SMILES string of the molecule is CCOC(=O)C(C)C1=CCCc2cc(C)c(OC)cc21. The summed E-state index contributed by atoms with van der Waals surface area (Å²) in [5.74, 6) is 0.472. The lowest BCUT2D eigenvalue weighted by Crippen LogP contribution is -2.18. The first-order chi connectivity index (χ1) is 9.58. The number of ether oxygens (including phenoxy) is 2. The molecule has 0 amide bonds. The second-order valence-electron chi connectivity index (χ2n) is 5.15. The van der Waals surface area contributed by atoms with Crippen molar-refractivity contribution in [3.05, 3.63) is 34.9 Å². The molecule has 0 spiro atoms. The molecule has 0 fully saturated rings. The number of fused-ring (bicyclic) bond motifs is 1. The van der Waals surface area contributed by atoms with Crippen molar-refractivity contribution < 1.29 is 14.3 Å². The van der Waals surface area contributed by atoms with Crippen LogP contribution in [0.15, 0.2) is 18.2 Å². The van der Waals surface area contributed by atoms with Gasteiger partial charge in [0.1, 0.15) is 5.75 Å². The van der Waals surface area contributed by atoms with Gasteiger partial charge in [0.15, 0.2) is 0 Å². The molecule has 0 radical (unpaired) electrons. The summed E-state index contributed by atoms with van der Waals surface area (Å²) in [5, 5.41) is 0. The Kier molecular flexibility index (Phi) is 4.48. The van der Waals surface area contributed by atoms with Crippen molar-refractivity contribution in [2.24, 2.45) is 5.92 Å². The van der Waals surface area contributed by atoms with E-state index >= 15 is 0 Å². The normalized spacial score (nSPS) is 15.1. The molecule has 20 heavy (non-hydrogen) atoms. The van der Waals surface area contributed by atoms with Crippen LogP contribution in [-0.4, -0.2) is 19.7 Å². The molecule has 0 heterocycles. The summed E-state index contributed by atoms with van der Waals surface area (Å²) < 4.78 is 10.5. The van der Waals surface area contributed by atoms with E-state index in [0.29, 0.717) is 6.61 Å². The largest absolute Gasteiger partial charge is 0.496 e. The number of aryl methyl sites for hydroxylation is 2. The summed E-state index contributed by atoms with van der Waals surface area (Å²) in [6, 6.07) is 4.21. The Labute approximate surface area is 120 Å². The second kappa shape index (κ2) is 6.12. The summed E-state index contributed by atoms with van der Waals surface area (Å²) in [5.41, 5.74) is 4.61. The smallest absolute Gasteiger partial charge is 0.313 e. The Bertz CT molecular complexity index is 543. The molecular formula is C17H22O3. The zero-order valence-corrected chi connectivity index (χ0v) is 12.7. The first-order valence-electron chi connectivity index (χ1n) is 7.13. The molecule has 0 saturated heterocycles. The van der Waals surface area contributed by atoms with Crippen molar-refractivity contribution >= 4 is 11.5 Å². The van der Waals surface area contributed by atoms with Crippen LogP contribution in [0, 0.1) is 12.8 Å². The van der Waals surface area contributed by atoms with Gasteiger partial charge in [-0.15, -0.1) is 0 Å². The highest BCUT2D eigenvalue weighted by Gasteiger charge is 2.25. The minimum Gasteiger partial charge on any atom is -0.496 e. The van der Waals surface area contributed by atoms with Crippen molar-refractivity contribution in [2.45, 2.75) is 33.6 Å². The summed E-state index contributed by atoms with van der Waals surface area (Å²) in [6.07, 6.45) is 4.13. The van der Waals surface area contributed by atoms with Crippen molar-refractivity contribution in [1.29, 1.82) is 0 Å². The number of hydrogen-bond acceptors (Lipinski definition) is 3. The van der Waals surface area contributed by atoms with Crippen LogP contribution < -0.4 is 4.74 Å². The van der Waals surface area contributed by atoms with E-state index in [-0.39, 0.29) is 11.9 Å². The molecule has 2 rings (SSSR count). The maximum atomic E-state index is 12.0. The third-order valence-corrected chi connectivity index (χ3v) is 3.82. The lowest BCUT2D eigenvalue weighted by atomic mass is 9.83. The number of hydrogen-bond donors (Lipinski definition) is 0. The average molecular weight is 274 g/mol. The third-order valence-electron chi connectivity index (χ3n) is 3.82. The van der Waals surface area contributed by atoms with Crippen LogP contribution in [0.1, 0.15) is 37.0 Å². The van der Waals surface area contributed by atoms with Crippen LogP contribution >= 0.6 is 0 Å². The molecule has 1 aliphatic rings. The molecule has 1 aliphatic carbocycles. The van der Waals surface area contributed by atoms with Crippen LogP contribution in [0.4, 0.5) is 0 Å². The van der Waals surface area contributed by atoms with Gasteiger partial charge < -0.3 is 9.47 Å². The molecule has 1 unspecified atom stereocenters. The van der Waals surface area contributed by atoms with Gasteiger partial charge in [-0.3, -0.25) is 4.79 Å². The second-order valence-corrected chi connectivity index (χ2v) is 5.15. The highest BCUT2D eigenvalue weighted by Crippen LogP contribution is 2.36. The fraction of sp³-hybridized carbons (Fsp3) is 0.471. The Morgan fingerprint density at radius 2 is 2.15 bits per heavy atom. The number of rotatable bonds is 4. The van der Waals surface area contributed by atoms with Gasteiger partial charge in [0, 0.05) is 0 Å². The zero-order valence-electron chi connectivity index (χ0n) is 12.7. The number of allylic oxidation sites excluding steroid dienone is 1. The number of carbonyl (C=O) groups is 1. The minimum atomic E-state index is -0.235. The number of carbonyl (C=O) groups excluding carboxylic acids is 1. The fourth-order valence-corrected chi connectivity index (χ4v) is 2.74. The standard InChI is InChI=1S/C17H22O3/c1-5-20-17(18)12(3)14-8-6-7-13-9-11(2)16(19-4)10-15(13)14/h8-10,12H,5-7H2,1-4H3. The summed E-state index contributed by atoms with van der Waals surface area (Å²) in [4.78, 5) is 12.0. The highest BCUT2D eigenvalue weighted by molar-refractivity contribution is 5.89. The van der Waals surface area contributed by atoms with Gasteiger partial charge in [0.25, 0.3) is 0 Å². The Hall–Kier alpha value is -1.77. The number of esters is 1. The molecule has 1 aromatic rings. The van der Waals surface area contributed by atoms with Gasteiger partial charge >= 0.3 is 5.97 Å². The quantitative estimate of drug-likeness (QED) is 0.788. The van der Waals surface area contributed by atoms with E-state index in [0.717, 1.165) is 35.3 Å². The minimum absolute atomic E-state index is 0.161. The van der Waals surface area contributed by atoms with Crippen LogP contribution in [0.5, 0.6) is 5.75 Å². The monoisotopic (exact) mass is 274 g/mol. The predicted octanol–water partition coefficient (Wildman–Crippen LogP) is 3.53. The Morgan fingerprint density at radius 1 is 1.40 bits per heavy atom. The van der Waals surface area contributed by atoms with Gasteiger partial charge in [-0.25, -0.2) is 0 Å². The summed E-state index contributed by atoms with van der Waals surface area (Å²) in [7, 11) is 1.68. The molecule has 0 bridgehead atoms. The fourth-order valence-electron chi connectivity index (χ4n) is 2.74. The van der Waals surface area contributed by atoms with Gasteiger partial charge in [0.05, 0.1) is 19.6 Å². The molecule has 0 aromatic heterocycles. The van der Waals surface area contributed by atoms with E-state index in [9.17, 15) is 4.79 Å². The number of methoxy groups -OCH3 is 1. The number of benzene rings is 1. The molecule has 0 N–H and O–H groups in total. The third kappa shape index (κ3) is 2.72. The molecule has 1 aromatic carbocycles. The van der Waals surface area contributed by atoms with E-state index in [1.807, 2.05) is 26.8 Å². The predicted molar refractivity (Wildman–Crippen MR) is 79.8 cm³/mol. The van der Waals surface area contributed by atoms with Gasteiger partial charge in [-0.1, -0.05) is 12.1 Å². The molecule has 1 atom stereocenters. The zero-order chi connectivity index (χ0) is 14.7. The Balaban J connectivity index is 2.39. The van der Waals surface area contributed by atoms with E-state index in [4.69, 9.17) is 9.47 Å². The van der Waals surface area contributed by atoms with E-state index < -0.39 is 0 Å². The van der Waals surface area contributed by atoms with Crippen molar-refractivity contribution in [3.8, 4) is 5.75 Å². The summed E-state index contributed by atoms with van der Waals surface area (Å²) >= 11 is 0. The molecule has 0 saturated carbocycles. The lowest BCUT2D eigenvalue weighted by Gasteiger charge is -2.23. The molecule has 0 aliphatic heterocycles.